The molecule has 0 radical (unpaired) electrons. The summed E-state index contributed by atoms with van der Waals surface area (Å²) in [4.78, 5) is 36.0. The van der Waals surface area contributed by atoms with Crippen molar-refractivity contribution in [1.82, 2.24) is 39.9 Å². The largest absolute Gasteiger partial charge is 2.00 e. The summed E-state index contributed by atoms with van der Waals surface area (Å²) in [5.41, 5.74) is 26.8. The van der Waals surface area contributed by atoms with Gasteiger partial charge in [0, 0.05) is 74.4 Å². The average Bonchev–Trinajstić information content (AvgIpc) is 0.830. The molecule has 0 fully saturated rings. The molecule has 0 saturated carbocycles. The van der Waals surface area contributed by atoms with Crippen LogP contribution >= 0.6 is 0 Å². The minimum absolute atomic E-state index is 0. The zero-order valence-corrected chi connectivity index (χ0v) is 69.6. The van der Waals surface area contributed by atoms with Gasteiger partial charge in [0.1, 0.15) is 0 Å². The molecule has 0 aliphatic carbocycles. The smallest absolute Gasteiger partial charge is 0.461 e. The number of rotatable bonds is 16. The van der Waals surface area contributed by atoms with Gasteiger partial charge in [0.05, 0.1) is 5.82 Å². The fourth-order valence-electron chi connectivity index (χ4n) is 12.1. The van der Waals surface area contributed by atoms with Crippen LogP contribution in [-0.4, -0.2) is 39.9 Å². The number of benzene rings is 10. The standard InChI is InChI=1S/C20H20N3.C20H19N3.C20H20N3.C20H19N3.2C7H7.Hf.Zr/c2*1-14-9-15(2)20(16(3)10-14)18-12-21-13-19(23-18)22-11-17-7-5-4-6-8-17;2*1-14-11-15(2)19(16(3)12-14)20-21-10-9-18(23-20)22-13-17-7-5-4-6-8-17;2*1-7-5-3-2-4-6-7;;/h4-10,12-13H,11H2,1-3H3;4-10,12-13H,2,11H2,1,3H3;4-12H,13H2,1-3H3;4-12H,2,13H2,1,3H3;2*2-6H,1H2;;/q-1;-2;-1;-2;2*-1;;+2. The third-order valence-corrected chi connectivity index (χ3v) is 16.7. The molecule has 0 N–H and O–H groups in total. The predicted octanol–water partition coefficient (Wildman–Crippen LogP) is 24.6. The number of aromatic nitrogens is 8. The fourth-order valence-corrected chi connectivity index (χ4v) is 12.1. The Morgan fingerprint density at radius 1 is 0.278 bits per heavy atom. The number of nitrogens with zero attached hydrogens (tertiary/aromatic N) is 12. The van der Waals surface area contributed by atoms with E-state index in [1.807, 2.05) is 152 Å². The zero-order valence-electron chi connectivity index (χ0n) is 63.6. The van der Waals surface area contributed by atoms with Crippen molar-refractivity contribution < 1.29 is 52.0 Å². The van der Waals surface area contributed by atoms with Crippen LogP contribution < -0.4 is 0 Å². The van der Waals surface area contributed by atoms with E-state index in [0.29, 0.717) is 49.5 Å². The van der Waals surface area contributed by atoms with Crippen molar-refractivity contribution in [2.45, 2.75) is 95.4 Å². The van der Waals surface area contributed by atoms with E-state index < -0.39 is 0 Å². The monoisotopic (exact) mass is 1660 g/mol. The van der Waals surface area contributed by atoms with E-state index in [9.17, 15) is 0 Å². The van der Waals surface area contributed by atoms with Crippen molar-refractivity contribution in [2.75, 3.05) is 0 Å². The van der Waals surface area contributed by atoms with Gasteiger partial charge in [-0.25, -0.2) is 0 Å². The van der Waals surface area contributed by atoms with Crippen LogP contribution in [0.4, 0.5) is 23.3 Å². The summed E-state index contributed by atoms with van der Waals surface area (Å²) in [6.45, 7) is 39.1. The predicted molar refractivity (Wildman–Crippen MR) is 441 cm³/mol. The maximum atomic E-state index is 4.68. The van der Waals surface area contributed by atoms with Crippen molar-refractivity contribution in [1.29, 1.82) is 0 Å². The van der Waals surface area contributed by atoms with Crippen LogP contribution in [0.25, 0.3) is 66.6 Å². The average molecular weight is 1660 g/mol. The van der Waals surface area contributed by atoms with E-state index in [1.165, 1.54) is 55.6 Å². The molecule has 0 aliphatic rings. The first-order chi connectivity index (χ1) is 51.3. The van der Waals surface area contributed by atoms with Gasteiger partial charge in [-0.15, -0.1) is 46.5 Å². The van der Waals surface area contributed by atoms with Gasteiger partial charge in [-0.2, -0.15) is 86.3 Å². The molecule has 0 saturated heterocycles. The van der Waals surface area contributed by atoms with Crippen molar-refractivity contribution in [2.24, 2.45) is 0 Å². The van der Waals surface area contributed by atoms with Crippen LogP contribution in [0.2, 0.25) is 0 Å². The molecule has 0 unspecified atom stereocenters. The van der Waals surface area contributed by atoms with E-state index >= 15 is 0 Å². The Balaban J connectivity index is 0.000000187. The summed E-state index contributed by atoms with van der Waals surface area (Å²) in [6.07, 6.45) is 10.5. The van der Waals surface area contributed by atoms with Crippen LogP contribution in [-0.2, 0) is 78.2 Å². The molecule has 4 aromatic heterocycles. The van der Waals surface area contributed by atoms with Gasteiger partial charge in [0.15, 0.2) is 0 Å². The topological polar surface area (TPSA) is 160 Å². The summed E-state index contributed by atoms with van der Waals surface area (Å²) in [6, 6.07) is 81.2. The van der Waals surface area contributed by atoms with Gasteiger partial charge in [-0.05, 0) is 147 Å². The summed E-state index contributed by atoms with van der Waals surface area (Å²) in [5, 5.41) is 18.3. The van der Waals surface area contributed by atoms with Crippen molar-refractivity contribution >= 4 is 23.3 Å². The van der Waals surface area contributed by atoms with E-state index in [4.69, 9.17) is 0 Å². The first-order valence-corrected chi connectivity index (χ1v) is 35.3. The SMILES string of the molecule is Cc1cc(C)c(-c2cncc([N-]Cc3ccccc3)n2)c(C)c1.Cc1cc(C)c(-c2nccc([N-]Cc3ccccc3)n2)c(C)c1.[CH2-]c1cc(C)cc(C)c1-c1cncc([N-]Cc2ccccc2)n1.[CH2-]c1cc(C)cc(C)c1-c1nccc([N-]Cc2ccccc2)n1.[CH2-]c1ccccc1.[CH2-]c1ccccc1.[Hf].[Zr+2]. The summed E-state index contributed by atoms with van der Waals surface area (Å²) < 4.78 is 0. The van der Waals surface area contributed by atoms with Crippen LogP contribution in [0, 0.1) is 96.9 Å². The minimum Gasteiger partial charge on any atom is -0.461 e. The number of hydrogen-bond acceptors (Lipinski definition) is 8. The van der Waals surface area contributed by atoms with Crippen LogP contribution in [0.1, 0.15) is 100 Å². The Morgan fingerprint density at radius 2 is 0.546 bits per heavy atom. The van der Waals surface area contributed by atoms with Crippen LogP contribution in [0.15, 0.2) is 280 Å². The third-order valence-electron chi connectivity index (χ3n) is 16.7. The van der Waals surface area contributed by atoms with E-state index in [-0.39, 0.29) is 52.0 Å². The minimum atomic E-state index is 0. The molecular formula is C94H92HfN12Zr-6. The quantitative estimate of drug-likeness (QED) is 0.0683. The normalized spacial score (nSPS) is 10.1. The Kier molecular flexibility index (Phi) is 34.0. The molecule has 14 heteroatoms. The zero-order chi connectivity index (χ0) is 75.2. The van der Waals surface area contributed by atoms with Crippen LogP contribution in [0.5, 0.6) is 0 Å². The second kappa shape index (κ2) is 43.5. The van der Waals surface area contributed by atoms with Gasteiger partial charge < -0.3 is 41.2 Å². The van der Waals surface area contributed by atoms with Crippen molar-refractivity contribution in [3.8, 4) is 45.3 Å². The second-order valence-electron chi connectivity index (χ2n) is 26.0. The van der Waals surface area contributed by atoms with Gasteiger partial charge >= 0.3 is 26.2 Å². The Morgan fingerprint density at radius 3 is 0.861 bits per heavy atom. The second-order valence-corrected chi connectivity index (χ2v) is 26.0. The van der Waals surface area contributed by atoms with Gasteiger partial charge in [0.25, 0.3) is 0 Å². The van der Waals surface area contributed by atoms with E-state index in [2.05, 4.69) is 255 Å². The van der Waals surface area contributed by atoms with Gasteiger partial charge in [0.2, 0.25) is 0 Å². The van der Waals surface area contributed by atoms with Crippen LogP contribution in [0.3, 0.4) is 0 Å². The summed E-state index contributed by atoms with van der Waals surface area (Å²) in [7, 11) is 0. The first-order valence-electron chi connectivity index (χ1n) is 35.3. The molecule has 0 atom stereocenters. The molecule has 4 heterocycles. The Bertz CT molecular complexity index is 4360. The molecule has 0 amide bonds. The van der Waals surface area contributed by atoms with Gasteiger partial charge in [-0.3, -0.25) is 19.9 Å². The van der Waals surface area contributed by atoms with Crippen molar-refractivity contribution in [3.05, 3.63) is 429 Å². The van der Waals surface area contributed by atoms with E-state index in [1.54, 1.807) is 31.0 Å². The molecule has 0 bridgehead atoms. The number of aryl methyl sites for hydroxylation is 10. The Hall–Kier alpha value is -11.0. The molecule has 12 nitrogen and oxygen atoms in total. The molecule has 14 rings (SSSR count). The molecule has 542 valence electrons. The molecule has 108 heavy (non-hydrogen) atoms. The summed E-state index contributed by atoms with van der Waals surface area (Å²) in [5.74, 6) is 4.16. The Labute approximate surface area is 679 Å². The van der Waals surface area contributed by atoms with E-state index in [0.717, 1.165) is 89.8 Å². The molecular weight excluding hydrogens is 1570 g/mol. The maximum Gasteiger partial charge on any atom is 2.00 e. The summed E-state index contributed by atoms with van der Waals surface area (Å²) >= 11 is 0. The fraction of sp³-hybridized carbons (Fsp3) is 0.149. The maximum absolute atomic E-state index is 4.68. The molecule has 0 spiro atoms. The van der Waals surface area contributed by atoms with Crippen molar-refractivity contribution in [3.63, 3.8) is 0 Å². The third kappa shape index (κ3) is 26.8. The molecule has 0 aliphatic heterocycles. The molecule has 10 aromatic carbocycles. The first kappa shape index (κ1) is 84.2. The van der Waals surface area contributed by atoms with Gasteiger partial charge in [-0.1, -0.05) is 237 Å². The number of hydrogen-bond donors (Lipinski definition) is 0. The molecule has 14 aromatic rings.